The Kier molecular flexibility index (Phi) is 18.3. The van der Waals surface area contributed by atoms with Crippen LogP contribution >= 0.6 is 0 Å². The van der Waals surface area contributed by atoms with E-state index in [2.05, 4.69) is 25.5 Å². The van der Waals surface area contributed by atoms with Crippen LogP contribution in [-0.4, -0.2) is 96.9 Å². The molecule has 0 unspecified atom stereocenters. The Bertz CT molecular complexity index is 1350. The number of carboxylic acid groups (broad SMARTS) is 1. The van der Waals surface area contributed by atoms with Gasteiger partial charge in [0.25, 0.3) is 0 Å². The van der Waals surface area contributed by atoms with E-state index in [1.165, 1.54) is 0 Å². The van der Waals surface area contributed by atoms with Gasteiger partial charge in [-0.3, -0.25) is 33.3 Å². The Labute approximate surface area is 279 Å². The maximum Gasteiger partial charge on any atom is 0.397 e. The number of carboxylic acids is 1. The van der Waals surface area contributed by atoms with Crippen molar-refractivity contribution >= 4 is 45.9 Å². The number of aliphatic carboxylic acids is 1. The summed E-state index contributed by atoms with van der Waals surface area (Å²) in [6.45, 7) is 2.62. The number of nitrogens with two attached hydrogens (primary N) is 3. The normalized spacial score (nSPS) is 14.5. The van der Waals surface area contributed by atoms with Crippen LogP contribution in [0.1, 0.15) is 57.9 Å². The van der Waals surface area contributed by atoms with Crippen LogP contribution in [0.25, 0.3) is 0 Å². The van der Waals surface area contributed by atoms with E-state index in [1.807, 2.05) is 0 Å². The number of carbonyl (C=O) groups is 6. The first-order valence-corrected chi connectivity index (χ1v) is 16.6. The molecule has 0 aliphatic rings. The van der Waals surface area contributed by atoms with Crippen LogP contribution in [0.4, 0.5) is 0 Å². The molecule has 0 heterocycles. The fourth-order valence-corrected chi connectivity index (χ4v) is 4.69. The SMILES string of the molecule is CC(C)C[C@H](NC(=O)[C@@H](N)CCC(=O)O)C(=O)N[C@@H](COS(=O)(=O)O)C(=O)N[C@@H](CCCCN)C(=O)N[C@@H](Cc1ccccc1)C(N)=O. The quantitative estimate of drug-likeness (QED) is 0.0434. The fraction of sp³-hybridized carbons (Fsp3) is 0.586. The minimum absolute atomic E-state index is 0.0195. The molecule has 12 N–H and O–H groups in total. The number of unbranched alkanes of at least 4 members (excludes halogenated alkanes) is 1. The van der Waals surface area contributed by atoms with Gasteiger partial charge >= 0.3 is 16.4 Å². The topological polar surface area (TPSA) is 312 Å². The highest BCUT2D eigenvalue weighted by molar-refractivity contribution is 7.80. The molecule has 19 heteroatoms. The molecule has 0 bridgehead atoms. The van der Waals surface area contributed by atoms with Crippen LogP contribution in [0, 0.1) is 5.92 Å². The highest BCUT2D eigenvalue weighted by atomic mass is 32.3. The summed E-state index contributed by atoms with van der Waals surface area (Å²) in [6.07, 6.45) is 0.271. The molecule has 0 saturated carbocycles. The van der Waals surface area contributed by atoms with E-state index in [0.29, 0.717) is 18.4 Å². The van der Waals surface area contributed by atoms with Gasteiger partial charge in [0.2, 0.25) is 29.5 Å². The van der Waals surface area contributed by atoms with Gasteiger partial charge in [0, 0.05) is 12.8 Å². The minimum atomic E-state index is -5.10. The van der Waals surface area contributed by atoms with Gasteiger partial charge in [-0.25, -0.2) is 4.18 Å². The molecule has 0 aliphatic carbocycles. The lowest BCUT2D eigenvalue weighted by atomic mass is 10.0. The third-order valence-corrected chi connectivity index (χ3v) is 7.32. The van der Waals surface area contributed by atoms with Crippen molar-refractivity contribution in [3.63, 3.8) is 0 Å². The van der Waals surface area contributed by atoms with Gasteiger partial charge in [0.15, 0.2) is 0 Å². The number of rotatable bonds is 23. The average Bonchev–Trinajstić information content (AvgIpc) is 3.00. The lowest BCUT2D eigenvalue weighted by molar-refractivity contribution is -0.137. The number of primary amides is 1. The zero-order valence-electron chi connectivity index (χ0n) is 26.9. The zero-order chi connectivity index (χ0) is 36.4. The summed E-state index contributed by atoms with van der Waals surface area (Å²) in [6, 6.07) is 1.80. The van der Waals surface area contributed by atoms with Crippen molar-refractivity contribution in [2.75, 3.05) is 13.2 Å². The van der Waals surface area contributed by atoms with Gasteiger partial charge in [-0.1, -0.05) is 44.2 Å². The summed E-state index contributed by atoms with van der Waals surface area (Å²) >= 11 is 0. The predicted molar refractivity (Wildman–Crippen MR) is 172 cm³/mol. The van der Waals surface area contributed by atoms with Crippen molar-refractivity contribution in [2.24, 2.45) is 23.1 Å². The molecular formula is C29H47N7O11S. The van der Waals surface area contributed by atoms with Crippen molar-refractivity contribution in [3.8, 4) is 0 Å². The van der Waals surface area contributed by atoms with E-state index in [-0.39, 0.29) is 38.1 Å². The Hall–Kier alpha value is -4.17. The van der Waals surface area contributed by atoms with E-state index in [9.17, 15) is 37.2 Å². The zero-order valence-corrected chi connectivity index (χ0v) is 27.7. The molecule has 0 saturated heterocycles. The number of nitrogens with one attached hydrogen (secondary N) is 4. The Morgan fingerprint density at radius 1 is 0.812 bits per heavy atom. The molecule has 1 aromatic carbocycles. The molecule has 0 radical (unpaired) electrons. The minimum Gasteiger partial charge on any atom is -0.481 e. The number of hydrogen-bond acceptors (Lipinski definition) is 11. The highest BCUT2D eigenvalue weighted by Gasteiger charge is 2.33. The second kappa shape index (κ2) is 20.9. The van der Waals surface area contributed by atoms with Crippen LogP contribution in [0.2, 0.25) is 0 Å². The molecule has 0 spiro atoms. The van der Waals surface area contributed by atoms with E-state index in [0.717, 1.165) is 0 Å². The first kappa shape index (κ1) is 41.9. The highest BCUT2D eigenvalue weighted by Crippen LogP contribution is 2.09. The molecule has 270 valence electrons. The number of amides is 5. The van der Waals surface area contributed by atoms with Gasteiger partial charge < -0.3 is 43.6 Å². The monoisotopic (exact) mass is 701 g/mol. The third kappa shape index (κ3) is 17.1. The molecule has 0 fully saturated rings. The van der Waals surface area contributed by atoms with E-state index >= 15 is 0 Å². The summed E-state index contributed by atoms with van der Waals surface area (Å²) in [5.74, 6) is -5.94. The Balaban J connectivity index is 3.23. The van der Waals surface area contributed by atoms with Crippen LogP contribution in [0.15, 0.2) is 30.3 Å². The van der Waals surface area contributed by atoms with Crippen molar-refractivity contribution in [2.45, 2.75) is 89.0 Å². The van der Waals surface area contributed by atoms with Gasteiger partial charge in [-0.05, 0) is 50.1 Å². The van der Waals surface area contributed by atoms with Crippen molar-refractivity contribution < 1.29 is 51.0 Å². The van der Waals surface area contributed by atoms with Gasteiger partial charge in [0.05, 0.1) is 12.6 Å². The maximum atomic E-state index is 13.4. The van der Waals surface area contributed by atoms with Crippen LogP contribution < -0.4 is 38.5 Å². The molecule has 5 amide bonds. The largest absolute Gasteiger partial charge is 0.481 e. The van der Waals surface area contributed by atoms with E-state index in [1.54, 1.807) is 44.2 Å². The molecule has 0 aromatic heterocycles. The predicted octanol–water partition coefficient (Wildman–Crippen LogP) is -2.16. The molecular weight excluding hydrogens is 654 g/mol. The third-order valence-electron chi connectivity index (χ3n) is 6.89. The van der Waals surface area contributed by atoms with Gasteiger partial charge in [-0.15, -0.1) is 0 Å². The Morgan fingerprint density at radius 2 is 1.35 bits per heavy atom. The fourth-order valence-electron chi connectivity index (χ4n) is 4.38. The average molecular weight is 702 g/mol. The van der Waals surface area contributed by atoms with Crippen LogP contribution in [-0.2, 0) is 49.8 Å². The van der Waals surface area contributed by atoms with Crippen LogP contribution in [0.3, 0.4) is 0 Å². The number of hydrogen-bond donors (Lipinski definition) is 9. The lowest BCUT2D eigenvalue weighted by Crippen LogP contribution is -2.60. The van der Waals surface area contributed by atoms with Crippen molar-refractivity contribution in [1.29, 1.82) is 0 Å². The maximum absolute atomic E-state index is 13.4. The summed E-state index contributed by atoms with van der Waals surface area (Å²) in [7, 11) is -5.10. The standard InChI is InChI=1S/C29H47N7O11S/c1-17(2)14-22(35-26(40)19(31)11-12-24(37)38)28(42)36-23(16-47-48(44,45)46)29(43)33-20(10-6-7-13-30)27(41)34-21(25(32)39)15-18-8-4-3-5-9-18/h3-5,8-9,17,19-23H,6-7,10-16,30-31H2,1-2H3,(H2,32,39)(H,33,43)(H,34,41)(H,35,40)(H,36,42)(H,37,38)(H,44,45,46)/t19-,20-,21-,22-,23-/m0/s1. The number of carbonyl (C=O) groups excluding carboxylic acids is 5. The molecule has 5 atom stereocenters. The van der Waals surface area contributed by atoms with Gasteiger partial charge in [0.1, 0.15) is 24.2 Å². The first-order chi connectivity index (χ1) is 22.4. The summed E-state index contributed by atoms with van der Waals surface area (Å²) in [5, 5.41) is 18.5. The Morgan fingerprint density at radius 3 is 1.90 bits per heavy atom. The smallest absolute Gasteiger partial charge is 0.397 e. The summed E-state index contributed by atoms with van der Waals surface area (Å²) in [4.78, 5) is 75.7. The summed E-state index contributed by atoms with van der Waals surface area (Å²) in [5.41, 5.74) is 17.5. The van der Waals surface area contributed by atoms with Crippen molar-refractivity contribution in [3.05, 3.63) is 35.9 Å². The van der Waals surface area contributed by atoms with E-state index < -0.39 is 89.1 Å². The van der Waals surface area contributed by atoms with E-state index in [4.69, 9.17) is 26.9 Å². The lowest BCUT2D eigenvalue weighted by Gasteiger charge is -2.27. The first-order valence-electron chi connectivity index (χ1n) is 15.3. The molecule has 0 aliphatic heterocycles. The van der Waals surface area contributed by atoms with Crippen LogP contribution in [0.5, 0.6) is 0 Å². The van der Waals surface area contributed by atoms with Crippen molar-refractivity contribution in [1.82, 2.24) is 21.3 Å². The second-order valence-corrected chi connectivity index (χ2v) is 12.6. The number of benzene rings is 1. The second-order valence-electron chi connectivity index (χ2n) is 11.5. The molecule has 1 rings (SSSR count). The molecule has 48 heavy (non-hydrogen) atoms. The molecule has 18 nitrogen and oxygen atoms in total. The van der Waals surface area contributed by atoms with Gasteiger partial charge in [-0.2, -0.15) is 8.42 Å². The molecule has 1 aromatic rings. The summed E-state index contributed by atoms with van der Waals surface area (Å²) < 4.78 is 36.2.